The molecule has 0 saturated heterocycles. The number of sulfone groups is 1. The first kappa shape index (κ1) is 17.6. The highest BCUT2D eigenvalue weighted by Crippen LogP contribution is 2.19. The van der Waals surface area contributed by atoms with Gasteiger partial charge in [0.1, 0.15) is 5.25 Å². The topological polar surface area (TPSA) is 68.5 Å². The molecule has 0 radical (unpaired) electrons. The monoisotopic (exact) mass is 374 g/mol. The lowest BCUT2D eigenvalue weighted by Gasteiger charge is -2.08. The van der Waals surface area contributed by atoms with Crippen LogP contribution in [0.5, 0.6) is 0 Å². The van der Waals surface area contributed by atoms with Crippen molar-refractivity contribution in [2.75, 3.05) is 6.26 Å². The summed E-state index contributed by atoms with van der Waals surface area (Å²) in [5.74, 6) is -0.642. The number of carbonyl (C=O) groups excluding carboxylic acids is 1. The van der Waals surface area contributed by atoms with Gasteiger partial charge in [-0.15, -0.1) is 11.3 Å². The molecule has 3 rings (SSSR count). The average Bonchev–Trinajstić information content (AvgIpc) is 3.00. The molecule has 1 heterocycles. The van der Waals surface area contributed by atoms with Crippen molar-refractivity contribution in [1.82, 2.24) is 4.57 Å². The van der Waals surface area contributed by atoms with Crippen LogP contribution in [0.25, 0.3) is 10.8 Å². The van der Waals surface area contributed by atoms with Crippen molar-refractivity contribution < 1.29 is 13.2 Å². The summed E-state index contributed by atoms with van der Waals surface area (Å²) in [6, 6.07) is 14.2. The van der Waals surface area contributed by atoms with E-state index in [4.69, 9.17) is 0 Å². The Kier molecular flexibility index (Phi) is 4.87. The van der Waals surface area contributed by atoms with Crippen molar-refractivity contribution in [2.24, 2.45) is 4.99 Å². The van der Waals surface area contributed by atoms with Gasteiger partial charge in [0.05, 0.1) is 6.54 Å². The molecule has 7 heteroatoms. The Morgan fingerprint density at radius 1 is 1.20 bits per heavy atom. The Balaban J connectivity index is 1.97. The smallest absolute Gasteiger partial charge is 0.266 e. The first-order valence-electron chi connectivity index (χ1n) is 7.74. The zero-order chi connectivity index (χ0) is 18.0. The SMILES string of the molecule is CC(C(=O)N=c1sccn1Cc1cccc2ccccc12)S(C)(=O)=O. The van der Waals surface area contributed by atoms with Crippen LogP contribution in [0.2, 0.25) is 0 Å². The third-order valence-corrected chi connectivity index (χ3v) is 6.36. The number of nitrogens with zero attached hydrogens (tertiary/aromatic N) is 2. The molecule has 0 saturated carbocycles. The highest BCUT2D eigenvalue weighted by atomic mass is 32.2. The lowest BCUT2D eigenvalue weighted by atomic mass is 10.0. The van der Waals surface area contributed by atoms with Crippen molar-refractivity contribution in [2.45, 2.75) is 18.7 Å². The number of fused-ring (bicyclic) bond motifs is 1. The zero-order valence-corrected chi connectivity index (χ0v) is 15.5. The molecular formula is C18H18N2O3S2. The highest BCUT2D eigenvalue weighted by Gasteiger charge is 2.23. The van der Waals surface area contributed by atoms with Crippen molar-refractivity contribution in [3.63, 3.8) is 0 Å². The van der Waals surface area contributed by atoms with Crippen LogP contribution in [-0.4, -0.2) is 30.4 Å². The molecule has 0 spiro atoms. The summed E-state index contributed by atoms with van der Waals surface area (Å²) in [4.78, 5) is 16.6. The van der Waals surface area contributed by atoms with Gasteiger partial charge in [0.15, 0.2) is 14.6 Å². The van der Waals surface area contributed by atoms with E-state index in [9.17, 15) is 13.2 Å². The maximum absolute atomic E-state index is 12.1. The van der Waals surface area contributed by atoms with Gasteiger partial charge in [0, 0.05) is 17.8 Å². The van der Waals surface area contributed by atoms with E-state index < -0.39 is 21.0 Å². The molecular weight excluding hydrogens is 356 g/mol. The number of hydrogen-bond donors (Lipinski definition) is 0. The van der Waals surface area contributed by atoms with Gasteiger partial charge in [-0.1, -0.05) is 42.5 Å². The van der Waals surface area contributed by atoms with E-state index in [-0.39, 0.29) is 0 Å². The van der Waals surface area contributed by atoms with Gasteiger partial charge in [-0.2, -0.15) is 4.99 Å². The van der Waals surface area contributed by atoms with Crippen LogP contribution in [0.3, 0.4) is 0 Å². The normalized spacial score (nSPS) is 13.9. The highest BCUT2D eigenvalue weighted by molar-refractivity contribution is 7.92. The molecule has 3 aromatic rings. The molecule has 0 bridgehead atoms. The Labute approximate surface area is 150 Å². The number of hydrogen-bond acceptors (Lipinski definition) is 4. The van der Waals surface area contributed by atoms with Gasteiger partial charge < -0.3 is 4.57 Å². The van der Waals surface area contributed by atoms with Crippen LogP contribution in [0, 0.1) is 0 Å². The van der Waals surface area contributed by atoms with Gasteiger partial charge >= 0.3 is 0 Å². The molecule has 0 aliphatic rings. The van der Waals surface area contributed by atoms with Crippen molar-refractivity contribution in [3.8, 4) is 0 Å². The van der Waals surface area contributed by atoms with Crippen molar-refractivity contribution in [1.29, 1.82) is 0 Å². The first-order chi connectivity index (χ1) is 11.9. The second-order valence-corrected chi connectivity index (χ2v) is 9.11. The van der Waals surface area contributed by atoms with E-state index in [1.165, 1.54) is 18.3 Å². The van der Waals surface area contributed by atoms with Gasteiger partial charge in [-0.05, 0) is 23.3 Å². The number of aromatic nitrogens is 1. The molecule has 0 aliphatic carbocycles. The summed E-state index contributed by atoms with van der Waals surface area (Å²) in [5.41, 5.74) is 1.11. The van der Waals surface area contributed by atoms with Crippen molar-refractivity contribution >= 4 is 37.9 Å². The van der Waals surface area contributed by atoms with E-state index in [1.54, 1.807) is 0 Å². The maximum Gasteiger partial charge on any atom is 0.266 e. The molecule has 2 aromatic carbocycles. The minimum Gasteiger partial charge on any atom is -0.319 e. The van der Waals surface area contributed by atoms with Crippen LogP contribution >= 0.6 is 11.3 Å². The first-order valence-corrected chi connectivity index (χ1v) is 10.6. The zero-order valence-electron chi connectivity index (χ0n) is 13.9. The molecule has 1 atom stereocenters. The maximum atomic E-state index is 12.1. The number of thiazole rings is 1. The van der Waals surface area contributed by atoms with E-state index >= 15 is 0 Å². The standard InChI is InChI=1S/C18H18N2O3S2/c1-13(25(2,22)23)17(21)19-18-20(10-11-24-18)12-15-8-5-7-14-6-3-4-9-16(14)15/h3-11,13H,12H2,1-2H3. The third-order valence-electron chi connectivity index (χ3n) is 4.08. The van der Waals surface area contributed by atoms with E-state index in [0.29, 0.717) is 11.3 Å². The second kappa shape index (κ2) is 6.93. The fraction of sp³-hybridized carbons (Fsp3) is 0.222. The largest absolute Gasteiger partial charge is 0.319 e. The quantitative estimate of drug-likeness (QED) is 0.705. The lowest BCUT2D eigenvalue weighted by Crippen LogP contribution is -2.27. The number of carbonyl (C=O) groups is 1. The van der Waals surface area contributed by atoms with E-state index in [0.717, 1.165) is 22.6 Å². The van der Waals surface area contributed by atoms with Crippen LogP contribution in [-0.2, 0) is 21.2 Å². The van der Waals surface area contributed by atoms with Gasteiger partial charge in [-0.3, -0.25) is 4.79 Å². The Hall–Kier alpha value is -2.25. The summed E-state index contributed by atoms with van der Waals surface area (Å²) < 4.78 is 24.9. The molecule has 1 unspecified atom stereocenters. The van der Waals surface area contributed by atoms with Gasteiger partial charge in [-0.25, -0.2) is 8.42 Å². The molecule has 1 amide bonds. The number of benzene rings is 2. The van der Waals surface area contributed by atoms with Gasteiger partial charge in [0.2, 0.25) is 0 Å². The Bertz CT molecular complexity index is 1090. The Morgan fingerprint density at radius 3 is 2.68 bits per heavy atom. The molecule has 1 aromatic heterocycles. The number of amides is 1. The van der Waals surface area contributed by atoms with Crippen LogP contribution in [0.1, 0.15) is 12.5 Å². The fourth-order valence-electron chi connectivity index (χ4n) is 2.49. The van der Waals surface area contributed by atoms with Gasteiger partial charge in [0.25, 0.3) is 5.91 Å². The van der Waals surface area contributed by atoms with E-state index in [1.807, 2.05) is 40.4 Å². The van der Waals surface area contributed by atoms with Crippen LogP contribution in [0.15, 0.2) is 59.0 Å². The third kappa shape index (κ3) is 3.88. The average molecular weight is 374 g/mol. The predicted octanol–water partition coefficient (Wildman–Crippen LogP) is 2.61. The Morgan fingerprint density at radius 2 is 1.92 bits per heavy atom. The fourth-order valence-corrected chi connectivity index (χ4v) is 3.64. The summed E-state index contributed by atoms with van der Waals surface area (Å²) >= 11 is 1.31. The minimum atomic E-state index is -3.45. The predicted molar refractivity (Wildman–Crippen MR) is 100 cm³/mol. The minimum absolute atomic E-state index is 0.494. The molecule has 0 fully saturated rings. The summed E-state index contributed by atoms with van der Waals surface area (Å²) in [6.07, 6.45) is 2.90. The molecule has 130 valence electrons. The van der Waals surface area contributed by atoms with Crippen LogP contribution in [0.4, 0.5) is 0 Å². The molecule has 0 aliphatic heterocycles. The summed E-state index contributed by atoms with van der Waals surface area (Å²) in [6.45, 7) is 1.92. The van der Waals surface area contributed by atoms with Crippen molar-refractivity contribution in [3.05, 3.63) is 64.4 Å². The second-order valence-electron chi connectivity index (χ2n) is 5.87. The summed E-state index contributed by atoms with van der Waals surface area (Å²) in [5, 5.41) is 2.99. The molecule has 5 nitrogen and oxygen atoms in total. The molecule has 0 N–H and O–H groups in total. The van der Waals surface area contributed by atoms with E-state index in [2.05, 4.69) is 23.2 Å². The number of rotatable bonds is 4. The lowest BCUT2D eigenvalue weighted by molar-refractivity contribution is -0.117. The van der Waals surface area contributed by atoms with Crippen LogP contribution < -0.4 is 4.80 Å². The molecule has 25 heavy (non-hydrogen) atoms. The summed E-state index contributed by atoms with van der Waals surface area (Å²) in [7, 11) is -3.45.